The fourth-order valence-corrected chi connectivity index (χ4v) is 3.41. The van der Waals surface area contributed by atoms with Crippen molar-refractivity contribution in [3.05, 3.63) is 36.0 Å². The maximum Gasteiger partial charge on any atom is 0.0457 e. The summed E-state index contributed by atoms with van der Waals surface area (Å²) in [5.74, 6) is 0. The predicted octanol–water partition coefficient (Wildman–Crippen LogP) is 4.32. The Hall–Kier alpha value is -1.28. The lowest BCUT2D eigenvalue weighted by atomic mass is 9.97. The van der Waals surface area contributed by atoms with Gasteiger partial charge in [-0.1, -0.05) is 38.0 Å². The lowest BCUT2D eigenvalue weighted by Crippen LogP contribution is -2.38. The van der Waals surface area contributed by atoms with E-state index < -0.39 is 0 Å². The molecule has 0 saturated carbocycles. The third-order valence-corrected chi connectivity index (χ3v) is 4.42. The Morgan fingerprint density at radius 2 is 2.16 bits per heavy atom. The third-order valence-electron chi connectivity index (χ3n) is 4.42. The molecule has 1 N–H and O–H groups in total. The maximum atomic E-state index is 3.40. The van der Waals surface area contributed by atoms with Crippen LogP contribution < -0.4 is 0 Å². The minimum atomic E-state index is 0.799. The van der Waals surface area contributed by atoms with Gasteiger partial charge in [0.2, 0.25) is 0 Å². The zero-order valence-electron chi connectivity index (χ0n) is 11.9. The number of H-pyrrole nitrogens is 1. The highest BCUT2D eigenvalue weighted by molar-refractivity contribution is 5.82. The first-order valence-electron chi connectivity index (χ1n) is 7.67. The highest BCUT2D eigenvalue weighted by atomic mass is 15.2. The van der Waals surface area contributed by atoms with E-state index in [0.29, 0.717) is 0 Å². The molecule has 1 unspecified atom stereocenters. The van der Waals surface area contributed by atoms with E-state index in [4.69, 9.17) is 0 Å². The summed E-state index contributed by atoms with van der Waals surface area (Å²) in [7, 11) is 0. The number of aromatic nitrogens is 1. The Morgan fingerprint density at radius 3 is 3.05 bits per heavy atom. The van der Waals surface area contributed by atoms with Crippen molar-refractivity contribution < 1.29 is 0 Å². The van der Waals surface area contributed by atoms with Gasteiger partial charge in [-0.05, 0) is 37.4 Å². The number of rotatable bonds is 4. The zero-order valence-corrected chi connectivity index (χ0v) is 11.9. The van der Waals surface area contributed by atoms with Gasteiger partial charge in [0.05, 0.1) is 0 Å². The van der Waals surface area contributed by atoms with Crippen LogP contribution in [0.1, 0.15) is 44.6 Å². The van der Waals surface area contributed by atoms with Gasteiger partial charge in [0.25, 0.3) is 0 Å². The van der Waals surface area contributed by atoms with Gasteiger partial charge in [-0.2, -0.15) is 0 Å². The summed E-state index contributed by atoms with van der Waals surface area (Å²) < 4.78 is 0. The number of fused-ring (bicyclic) bond motifs is 1. The molecular weight excluding hydrogens is 232 g/mol. The largest absolute Gasteiger partial charge is 0.361 e. The van der Waals surface area contributed by atoms with Crippen molar-refractivity contribution in [3.8, 4) is 0 Å². The zero-order chi connectivity index (χ0) is 13.1. The fourth-order valence-electron chi connectivity index (χ4n) is 3.41. The molecule has 1 aliphatic heterocycles. The normalized spacial score (nSPS) is 21.0. The van der Waals surface area contributed by atoms with Crippen LogP contribution in [0.2, 0.25) is 0 Å². The second-order valence-electron chi connectivity index (χ2n) is 5.77. The SMILES string of the molecule is CCCC1CCCCN1Cc1c[nH]c2ccccc12. The van der Waals surface area contributed by atoms with Crippen molar-refractivity contribution in [1.82, 2.24) is 9.88 Å². The molecular formula is C17H24N2. The second-order valence-corrected chi connectivity index (χ2v) is 5.77. The standard InChI is InChI=1S/C17H24N2/c1-2-7-15-8-5-6-11-19(15)13-14-12-18-17-10-4-3-9-16(14)17/h3-4,9-10,12,15,18H,2,5-8,11,13H2,1H3. The molecule has 1 aromatic heterocycles. The van der Waals surface area contributed by atoms with Crippen LogP contribution in [0.25, 0.3) is 10.9 Å². The van der Waals surface area contributed by atoms with Crippen LogP contribution in [0.5, 0.6) is 0 Å². The number of likely N-dealkylation sites (tertiary alicyclic amines) is 1. The summed E-state index contributed by atoms with van der Waals surface area (Å²) in [5.41, 5.74) is 2.72. The molecule has 2 nitrogen and oxygen atoms in total. The molecule has 19 heavy (non-hydrogen) atoms. The molecule has 2 heteroatoms. The number of piperidine rings is 1. The average molecular weight is 256 g/mol. The summed E-state index contributed by atoms with van der Waals surface area (Å²) in [4.78, 5) is 6.09. The molecule has 3 rings (SSSR count). The molecule has 0 spiro atoms. The maximum absolute atomic E-state index is 3.40. The van der Waals surface area contributed by atoms with E-state index in [1.54, 1.807) is 0 Å². The number of aromatic amines is 1. The number of nitrogens with zero attached hydrogens (tertiary/aromatic N) is 1. The van der Waals surface area contributed by atoms with Crippen LogP contribution in [-0.2, 0) is 6.54 Å². The van der Waals surface area contributed by atoms with Crippen molar-refractivity contribution >= 4 is 10.9 Å². The third kappa shape index (κ3) is 2.69. The van der Waals surface area contributed by atoms with Crippen LogP contribution in [0.4, 0.5) is 0 Å². The van der Waals surface area contributed by atoms with Gasteiger partial charge >= 0.3 is 0 Å². The van der Waals surface area contributed by atoms with Crippen molar-refractivity contribution in [2.24, 2.45) is 0 Å². The number of hydrogen-bond acceptors (Lipinski definition) is 1. The topological polar surface area (TPSA) is 19.0 Å². The fraction of sp³-hybridized carbons (Fsp3) is 0.529. The van der Waals surface area contributed by atoms with Gasteiger partial charge in [0, 0.05) is 29.7 Å². The van der Waals surface area contributed by atoms with E-state index in [1.165, 1.54) is 55.1 Å². The minimum Gasteiger partial charge on any atom is -0.361 e. The molecule has 0 amide bonds. The van der Waals surface area contributed by atoms with E-state index in [2.05, 4.69) is 47.3 Å². The van der Waals surface area contributed by atoms with Crippen LogP contribution in [0, 0.1) is 0 Å². The van der Waals surface area contributed by atoms with E-state index in [9.17, 15) is 0 Å². The number of para-hydroxylation sites is 1. The quantitative estimate of drug-likeness (QED) is 0.863. The number of nitrogens with one attached hydrogen (secondary N) is 1. The van der Waals surface area contributed by atoms with Gasteiger partial charge in [-0.25, -0.2) is 0 Å². The highest BCUT2D eigenvalue weighted by Crippen LogP contribution is 2.25. The average Bonchev–Trinajstić information content (AvgIpc) is 2.85. The monoisotopic (exact) mass is 256 g/mol. The first-order valence-corrected chi connectivity index (χ1v) is 7.67. The van der Waals surface area contributed by atoms with Crippen molar-refractivity contribution in [2.75, 3.05) is 6.54 Å². The van der Waals surface area contributed by atoms with Crippen molar-refractivity contribution in [2.45, 2.75) is 51.6 Å². The Bertz CT molecular complexity index is 527. The molecule has 1 aromatic carbocycles. The number of hydrogen-bond donors (Lipinski definition) is 1. The van der Waals surface area contributed by atoms with E-state index in [1.807, 2.05) is 0 Å². The Morgan fingerprint density at radius 1 is 1.26 bits per heavy atom. The Kier molecular flexibility index (Phi) is 3.88. The van der Waals surface area contributed by atoms with Gasteiger partial charge in [0.15, 0.2) is 0 Å². The summed E-state index contributed by atoms with van der Waals surface area (Å²) in [6.45, 7) is 4.68. The van der Waals surface area contributed by atoms with Crippen molar-refractivity contribution in [3.63, 3.8) is 0 Å². The van der Waals surface area contributed by atoms with Crippen LogP contribution in [0.3, 0.4) is 0 Å². The second kappa shape index (κ2) is 5.79. The first-order chi connectivity index (χ1) is 9.38. The first kappa shape index (κ1) is 12.7. The Balaban J connectivity index is 1.79. The van der Waals surface area contributed by atoms with Crippen LogP contribution in [-0.4, -0.2) is 22.5 Å². The number of benzene rings is 1. The van der Waals surface area contributed by atoms with Crippen LogP contribution in [0.15, 0.2) is 30.5 Å². The lowest BCUT2D eigenvalue weighted by Gasteiger charge is -2.35. The highest BCUT2D eigenvalue weighted by Gasteiger charge is 2.22. The molecule has 1 saturated heterocycles. The summed E-state index contributed by atoms with van der Waals surface area (Å²) >= 11 is 0. The van der Waals surface area contributed by atoms with Crippen molar-refractivity contribution in [1.29, 1.82) is 0 Å². The predicted molar refractivity (Wildman–Crippen MR) is 81.3 cm³/mol. The molecule has 2 heterocycles. The summed E-state index contributed by atoms with van der Waals surface area (Å²) in [5, 5.41) is 1.39. The van der Waals surface area contributed by atoms with E-state index in [0.717, 1.165) is 12.6 Å². The molecule has 1 aliphatic rings. The van der Waals surface area contributed by atoms with E-state index >= 15 is 0 Å². The lowest BCUT2D eigenvalue weighted by molar-refractivity contribution is 0.132. The summed E-state index contributed by atoms with van der Waals surface area (Å²) in [6, 6.07) is 9.44. The molecule has 2 aromatic rings. The van der Waals surface area contributed by atoms with E-state index in [-0.39, 0.29) is 0 Å². The molecule has 102 valence electrons. The van der Waals surface area contributed by atoms with Gasteiger partial charge < -0.3 is 4.98 Å². The molecule has 0 radical (unpaired) electrons. The molecule has 1 atom stereocenters. The van der Waals surface area contributed by atoms with Crippen LogP contribution >= 0.6 is 0 Å². The summed E-state index contributed by atoms with van der Waals surface area (Å²) in [6.07, 6.45) is 9.01. The molecule has 0 aliphatic carbocycles. The minimum absolute atomic E-state index is 0.799. The Labute approximate surface area is 115 Å². The van der Waals surface area contributed by atoms with Gasteiger partial charge in [-0.15, -0.1) is 0 Å². The van der Waals surface area contributed by atoms with Gasteiger partial charge in [0.1, 0.15) is 0 Å². The molecule has 0 bridgehead atoms. The smallest absolute Gasteiger partial charge is 0.0457 e. The molecule has 1 fully saturated rings. The van der Waals surface area contributed by atoms with Gasteiger partial charge in [-0.3, -0.25) is 4.90 Å².